The van der Waals surface area contributed by atoms with Crippen molar-refractivity contribution in [2.24, 2.45) is 0 Å². The molecule has 0 bridgehead atoms. The Bertz CT molecular complexity index is 913. The first-order valence-corrected chi connectivity index (χ1v) is 10.3. The van der Waals surface area contributed by atoms with Gasteiger partial charge in [-0.3, -0.25) is 13.5 Å². The highest BCUT2D eigenvalue weighted by Gasteiger charge is 2.35. The van der Waals surface area contributed by atoms with Crippen LogP contribution in [0.5, 0.6) is 0 Å². The van der Waals surface area contributed by atoms with Crippen LogP contribution < -0.4 is 0 Å². The minimum atomic E-state index is -5.32. The van der Waals surface area contributed by atoms with Gasteiger partial charge in [0, 0.05) is 0 Å². The monoisotopic (exact) mass is 400 g/mol. The highest BCUT2D eigenvalue weighted by Crippen LogP contribution is 2.08. The van der Waals surface area contributed by atoms with Crippen LogP contribution in [0.15, 0.2) is 48.5 Å². The molecule has 26 heavy (non-hydrogen) atoms. The summed E-state index contributed by atoms with van der Waals surface area (Å²) in [7, 11) is -10.3. The van der Waals surface area contributed by atoms with Gasteiger partial charge in [-0.25, -0.2) is 0 Å². The Morgan fingerprint density at radius 3 is 1.69 bits per heavy atom. The topological polar surface area (TPSA) is 115 Å². The Hall–Kier alpha value is -2.07. The molecule has 0 spiro atoms. The number of benzene rings is 2. The minimum absolute atomic E-state index is 0.430. The minimum Gasteiger partial charge on any atom is -0.279 e. The summed E-state index contributed by atoms with van der Waals surface area (Å²) in [5, 5.41) is 0. The standard InChI is InChI=1S/C9H12.C8H8O7S2/c1-7-4-8(2)6-9(3)5-7;9-8(16(10,11)12)17(13,14)15-6-7-4-2-1-3-5-7/h4-6H,1-3H3;1-5H,6H2,(H,10,11,12). The molecule has 2 aromatic carbocycles. The second-order valence-electron chi connectivity index (χ2n) is 5.59. The fourth-order valence-corrected chi connectivity index (χ4v) is 3.66. The third-order valence-electron chi connectivity index (χ3n) is 3.00. The fourth-order valence-electron chi connectivity index (χ4n) is 2.10. The van der Waals surface area contributed by atoms with Gasteiger partial charge in [-0.05, 0) is 26.3 Å². The smallest absolute Gasteiger partial charge is 0.279 e. The molecule has 9 heteroatoms. The van der Waals surface area contributed by atoms with E-state index in [-0.39, 0.29) is 0 Å². The van der Waals surface area contributed by atoms with Gasteiger partial charge in [-0.15, -0.1) is 0 Å². The normalized spacial score (nSPS) is 11.4. The van der Waals surface area contributed by atoms with Crippen LogP contribution in [0, 0.1) is 20.8 Å². The second kappa shape index (κ2) is 9.04. The molecule has 0 fully saturated rings. The predicted octanol–water partition coefficient (Wildman–Crippen LogP) is 3.15. The van der Waals surface area contributed by atoms with Crippen molar-refractivity contribution in [3.63, 3.8) is 0 Å². The van der Waals surface area contributed by atoms with E-state index in [2.05, 4.69) is 43.2 Å². The maximum Gasteiger partial charge on any atom is 0.413 e. The van der Waals surface area contributed by atoms with Gasteiger partial charge in [-0.1, -0.05) is 65.2 Å². The van der Waals surface area contributed by atoms with Crippen LogP contribution in [0.3, 0.4) is 0 Å². The summed E-state index contributed by atoms with van der Waals surface area (Å²) >= 11 is 0. The molecule has 0 radical (unpaired) electrons. The van der Waals surface area contributed by atoms with Crippen molar-refractivity contribution in [1.82, 2.24) is 0 Å². The van der Waals surface area contributed by atoms with Crippen molar-refractivity contribution < 1.29 is 30.4 Å². The predicted molar refractivity (Wildman–Crippen MR) is 97.7 cm³/mol. The molecule has 0 saturated carbocycles. The van der Waals surface area contributed by atoms with Crippen molar-refractivity contribution in [3.8, 4) is 0 Å². The third-order valence-corrected chi connectivity index (χ3v) is 5.51. The van der Waals surface area contributed by atoms with E-state index < -0.39 is 31.3 Å². The van der Waals surface area contributed by atoms with E-state index in [0.717, 1.165) is 0 Å². The molecule has 0 aliphatic heterocycles. The summed E-state index contributed by atoms with van der Waals surface area (Å²) in [4.78, 5) is 10.8. The Balaban J connectivity index is 0.000000314. The summed E-state index contributed by atoms with van der Waals surface area (Å²) in [5.41, 5.74) is 4.49. The lowest BCUT2D eigenvalue weighted by Crippen LogP contribution is -2.24. The zero-order chi connectivity index (χ0) is 20.0. The highest BCUT2D eigenvalue weighted by molar-refractivity contribution is 8.27. The lowest BCUT2D eigenvalue weighted by molar-refractivity contribution is 0.260. The van der Waals surface area contributed by atoms with Gasteiger partial charge in [0.15, 0.2) is 0 Å². The van der Waals surface area contributed by atoms with Crippen LogP contribution >= 0.6 is 0 Å². The van der Waals surface area contributed by atoms with Crippen molar-refractivity contribution in [1.29, 1.82) is 0 Å². The zero-order valence-electron chi connectivity index (χ0n) is 14.5. The number of aryl methyl sites for hydroxylation is 3. The van der Waals surface area contributed by atoms with Gasteiger partial charge in [0.25, 0.3) is 0 Å². The van der Waals surface area contributed by atoms with Gasteiger partial charge < -0.3 is 0 Å². The van der Waals surface area contributed by atoms with E-state index >= 15 is 0 Å². The molecule has 0 amide bonds. The Labute approximate surface area is 153 Å². The molecule has 0 aromatic heterocycles. The van der Waals surface area contributed by atoms with Crippen LogP contribution in [0.4, 0.5) is 4.79 Å². The summed E-state index contributed by atoms with van der Waals surface area (Å²) in [6.45, 7) is 5.88. The van der Waals surface area contributed by atoms with E-state index in [1.54, 1.807) is 18.2 Å². The molecule has 7 nitrogen and oxygen atoms in total. The van der Waals surface area contributed by atoms with Crippen LogP contribution in [0.1, 0.15) is 22.3 Å². The van der Waals surface area contributed by atoms with Crippen molar-refractivity contribution in [2.75, 3.05) is 0 Å². The van der Waals surface area contributed by atoms with E-state index in [0.29, 0.717) is 5.56 Å². The summed E-state index contributed by atoms with van der Waals surface area (Å²) in [6.07, 6.45) is 0. The van der Waals surface area contributed by atoms with E-state index in [1.165, 1.54) is 28.8 Å². The Morgan fingerprint density at radius 1 is 0.885 bits per heavy atom. The molecule has 2 aromatic rings. The SMILES string of the molecule is Cc1cc(C)cc(C)c1.O=C(S(=O)(=O)O)S(=O)(=O)OCc1ccccc1. The molecule has 0 aliphatic rings. The summed E-state index contributed by atoms with van der Waals surface area (Å²) in [6, 6.07) is 14.5. The lowest BCUT2D eigenvalue weighted by Gasteiger charge is -2.02. The number of hydrogen-bond acceptors (Lipinski definition) is 6. The molecule has 2 rings (SSSR count). The van der Waals surface area contributed by atoms with Gasteiger partial charge in [0.05, 0.1) is 6.61 Å². The number of carbonyl (C=O) groups excluding carboxylic acids is 1. The molecule has 0 heterocycles. The first-order valence-electron chi connectivity index (χ1n) is 7.41. The molecule has 0 saturated heterocycles. The van der Waals surface area contributed by atoms with Crippen LogP contribution in [0.25, 0.3) is 0 Å². The van der Waals surface area contributed by atoms with Crippen LogP contribution in [0.2, 0.25) is 0 Å². The number of carbonyl (C=O) groups is 1. The maximum absolute atomic E-state index is 11.0. The molecule has 0 unspecified atom stereocenters. The molecular formula is C17H20O7S2. The molecular weight excluding hydrogens is 380 g/mol. The van der Waals surface area contributed by atoms with E-state index in [4.69, 9.17) is 4.55 Å². The number of hydrogen-bond donors (Lipinski definition) is 1. The van der Waals surface area contributed by atoms with Gasteiger partial charge in [0.1, 0.15) is 0 Å². The van der Waals surface area contributed by atoms with Crippen molar-refractivity contribution in [2.45, 2.75) is 27.4 Å². The first kappa shape index (κ1) is 22.0. The summed E-state index contributed by atoms with van der Waals surface area (Å²) < 4.78 is 52.8. The molecule has 1 N–H and O–H groups in total. The maximum atomic E-state index is 11.0. The van der Waals surface area contributed by atoms with E-state index in [1.807, 2.05) is 0 Å². The van der Waals surface area contributed by atoms with Gasteiger partial charge in [-0.2, -0.15) is 16.8 Å². The third kappa shape index (κ3) is 7.44. The molecule has 142 valence electrons. The lowest BCUT2D eigenvalue weighted by atomic mass is 10.1. The van der Waals surface area contributed by atoms with Crippen molar-refractivity contribution >= 4 is 24.7 Å². The fraction of sp³-hybridized carbons (Fsp3) is 0.235. The number of rotatable bonds is 3. The quantitative estimate of drug-likeness (QED) is 0.621. The Morgan fingerprint density at radius 2 is 1.31 bits per heavy atom. The average Bonchev–Trinajstić information content (AvgIpc) is 2.52. The average molecular weight is 400 g/mol. The van der Waals surface area contributed by atoms with Gasteiger partial charge >= 0.3 is 24.7 Å². The van der Waals surface area contributed by atoms with Crippen LogP contribution in [-0.2, 0) is 31.0 Å². The van der Waals surface area contributed by atoms with Crippen molar-refractivity contribution in [3.05, 3.63) is 70.8 Å². The largest absolute Gasteiger partial charge is 0.413 e. The summed E-state index contributed by atoms with van der Waals surface area (Å²) in [5.74, 6) is 0. The highest BCUT2D eigenvalue weighted by atomic mass is 32.3. The molecule has 0 aliphatic carbocycles. The van der Waals surface area contributed by atoms with Crippen LogP contribution in [-0.4, -0.2) is 25.8 Å². The zero-order valence-corrected chi connectivity index (χ0v) is 16.2. The second-order valence-corrected chi connectivity index (χ2v) is 8.69. The Kier molecular flexibility index (Phi) is 7.64. The molecule has 0 atom stereocenters. The first-order chi connectivity index (χ1) is 11.9. The van der Waals surface area contributed by atoms with Gasteiger partial charge in [0.2, 0.25) is 0 Å². The van der Waals surface area contributed by atoms with E-state index in [9.17, 15) is 21.6 Å².